The second kappa shape index (κ2) is 15.2. The second-order valence-electron chi connectivity index (χ2n) is 12.3. The third-order valence-corrected chi connectivity index (χ3v) is 11.5. The summed E-state index contributed by atoms with van der Waals surface area (Å²) in [6.45, 7) is -1.72. The Morgan fingerprint density at radius 1 is 0.569 bits per heavy atom. The molecule has 6 atom stereocenters. The summed E-state index contributed by atoms with van der Waals surface area (Å²) >= 11 is 0. The largest absolute Gasteiger partial charge is 0.418 e. The van der Waals surface area contributed by atoms with Crippen molar-refractivity contribution in [3.63, 3.8) is 0 Å². The van der Waals surface area contributed by atoms with E-state index in [-0.39, 0.29) is 12.8 Å². The van der Waals surface area contributed by atoms with Crippen LogP contribution < -0.4 is 11.5 Å². The van der Waals surface area contributed by atoms with Crippen molar-refractivity contribution >= 4 is 21.2 Å². The highest BCUT2D eigenvalue weighted by Crippen LogP contribution is 2.40. The molecular formula is C36H36F6N2O6S. The summed E-state index contributed by atoms with van der Waals surface area (Å²) in [6, 6.07) is 23.1. The van der Waals surface area contributed by atoms with Crippen LogP contribution in [0.2, 0.25) is 0 Å². The predicted octanol–water partition coefficient (Wildman–Crippen LogP) is 5.73. The smallest absolute Gasteiger partial charge is 0.398 e. The van der Waals surface area contributed by atoms with E-state index in [4.69, 9.17) is 20.9 Å². The van der Waals surface area contributed by atoms with Crippen molar-refractivity contribution in [1.29, 1.82) is 0 Å². The summed E-state index contributed by atoms with van der Waals surface area (Å²) < 4.78 is 126. The van der Waals surface area contributed by atoms with Crippen molar-refractivity contribution < 1.29 is 54.4 Å². The summed E-state index contributed by atoms with van der Waals surface area (Å²) in [6.07, 6.45) is -18.3. The van der Waals surface area contributed by atoms with Crippen molar-refractivity contribution in [3.05, 3.63) is 130 Å². The van der Waals surface area contributed by atoms with Gasteiger partial charge in [0, 0.05) is 11.4 Å². The Morgan fingerprint density at radius 3 is 1.25 bits per heavy atom. The van der Waals surface area contributed by atoms with Crippen LogP contribution in [0.1, 0.15) is 33.4 Å². The Labute approximate surface area is 290 Å². The number of nitrogen functional groups attached to an aromatic ring is 2. The third kappa shape index (κ3) is 8.50. The van der Waals surface area contributed by atoms with Gasteiger partial charge in [0.25, 0.3) is 0 Å². The highest BCUT2D eigenvalue weighted by molar-refractivity contribution is 7.92. The van der Waals surface area contributed by atoms with Crippen LogP contribution in [0.3, 0.4) is 0 Å². The van der Waals surface area contributed by atoms with E-state index in [1.165, 1.54) is 12.1 Å². The minimum absolute atomic E-state index is 0.299. The van der Waals surface area contributed by atoms with Gasteiger partial charge in [-0.15, -0.1) is 0 Å². The van der Waals surface area contributed by atoms with Gasteiger partial charge in [-0.1, -0.05) is 84.9 Å². The monoisotopic (exact) mass is 738 g/mol. The average Bonchev–Trinajstić information content (AvgIpc) is 3.11. The number of benzene rings is 4. The zero-order valence-electron chi connectivity index (χ0n) is 26.9. The molecule has 5 rings (SSSR count). The Kier molecular flexibility index (Phi) is 11.4. The molecule has 8 nitrogen and oxygen atoms in total. The molecule has 15 heteroatoms. The number of aliphatic hydroxyl groups is 2. The van der Waals surface area contributed by atoms with E-state index in [2.05, 4.69) is 0 Å². The summed E-state index contributed by atoms with van der Waals surface area (Å²) in [4.78, 5) is 0. The lowest BCUT2D eigenvalue weighted by molar-refractivity contribution is -0.147. The SMILES string of the molecule is Nc1cccc(CO[C@@H]2[C@H](O)[C@@H](O)[C@@H](OCc3cccc(N)c3C(F)(F)F)[C@@H](Cc3ccccc3)S(=O)(=O)[C@@H]2Cc2ccccc2)c1C(F)(F)F. The third-order valence-electron chi connectivity index (χ3n) is 8.95. The van der Waals surface area contributed by atoms with E-state index in [1.807, 2.05) is 0 Å². The molecule has 1 saturated heterocycles. The van der Waals surface area contributed by atoms with Gasteiger partial charge in [0.1, 0.15) is 24.4 Å². The minimum Gasteiger partial charge on any atom is -0.398 e. The highest BCUT2D eigenvalue weighted by atomic mass is 32.2. The molecule has 1 aliphatic heterocycles. The molecule has 0 saturated carbocycles. The molecule has 0 bridgehead atoms. The number of rotatable bonds is 10. The Hall–Kier alpha value is -4.15. The van der Waals surface area contributed by atoms with Crippen LogP contribution in [0.4, 0.5) is 37.7 Å². The van der Waals surface area contributed by atoms with Gasteiger partial charge in [0.05, 0.1) is 34.8 Å². The average molecular weight is 739 g/mol. The van der Waals surface area contributed by atoms with Crippen LogP contribution >= 0.6 is 0 Å². The molecule has 51 heavy (non-hydrogen) atoms. The van der Waals surface area contributed by atoms with Gasteiger partial charge in [-0.25, -0.2) is 8.42 Å². The van der Waals surface area contributed by atoms with Gasteiger partial charge in [-0.3, -0.25) is 0 Å². The van der Waals surface area contributed by atoms with Gasteiger partial charge < -0.3 is 31.2 Å². The number of sulfone groups is 1. The van der Waals surface area contributed by atoms with Crippen molar-refractivity contribution in [1.82, 2.24) is 0 Å². The molecule has 1 aliphatic rings. The molecule has 0 aromatic heterocycles. The standard InChI is InChI=1S/C36H36F6N2O6S/c37-35(38,39)29-23(13-7-15-25(29)43)19-49-33-27(17-21-9-3-1-4-10-21)51(47,48)28(18-22-11-5-2-6-12-22)34(32(46)31(33)45)50-20-24-14-8-16-26(44)30(24)36(40,41)42/h1-16,27-28,31-34,45-46H,17-20,43-44H2/t27-,28-,31-,32-,33+,34+/m1/s1. The minimum atomic E-state index is -4.91. The number of hydrogen-bond acceptors (Lipinski definition) is 8. The Morgan fingerprint density at radius 2 is 0.922 bits per heavy atom. The molecule has 0 amide bonds. The predicted molar refractivity (Wildman–Crippen MR) is 178 cm³/mol. The second-order valence-corrected chi connectivity index (χ2v) is 14.7. The fourth-order valence-corrected chi connectivity index (χ4v) is 9.07. The van der Waals surface area contributed by atoms with Crippen molar-refractivity contribution in [3.8, 4) is 0 Å². The van der Waals surface area contributed by atoms with E-state index < -0.39 is 104 Å². The summed E-state index contributed by atoms with van der Waals surface area (Å²) in [5.41, 5.74) is 7.72. The molecule has 1 fully saturated rings. The van der Waals surface area contributed by atoms with Crippen LogP contribution in [0.25, 0.3) is 0 Å². The molecular weight excluding hydrogens is 702 g/mol. The quantitative estimate of drug-likeness (QED) is 0.119. The zero-order chi connectivity index (χ0) is 37.1. The number of hydrogen-bond donors (Lipinski definition) is 4. The lowest BCUT2D eigenvalue weighted by Crippen LogP contribution is -2.49. The molecule has 6 N–H and O–H groups in total. The van der Waals surface area contributed by atoms with E-state index in [9.17, 15) is 45.0 Å². The van der Waals surface area contributed by atoms with Crippen LogP contribution in [0, 0.1) is 0 Å². The molecule has 0 radical (unpaired) electrons. The molecule has 0 aliphatic carbocycles. The van der Waals surface area contributed by atoms with E-state index in [0.29, 0.717) is 11.1 Å². The zero-order valence-corrected chi connectivity index (χ0v) is 27.7. The number of aliphatic hydroxyl groups excluding tert-OH is 2. The number of alkyl halides is 6. The first kappa shape index (κ1) is 38.1. The van der Waals surface area contributed by atoms with Crippen molar-refractivity contribution in [2.45, 2.75) is 73.3 Å². The lowest BCUT2D eigenvalue weighted by Gasteiger charge is -2.31. The maximum absolute atomic E-state index is 14.9. The van der Waals surface area contributed by atoms with Gasteiger partial charge in [-0.2, -0.15) is 26.3 Å². The highest BCUT2D eigenvalue weighted by Gasteiger charge is 2.54. The number of halogens is 6. The van der Waals surface area contributed by atoms with E-state index in [0.717, 1.165) is 24.3 Å². The molecule has 1 heterocycles. The Balaban J connectivity index is 1.61. The van der Waals surface area contributed by atoms with Crippen LogP contribution in [0.15, 0.2) is 97.1 Å². The maximum atomic E-state index is 14.9. The van der Waals surface area contributed by atoms with Crippen LogP contribution in [-0.2, 0) is 57.7 Å². The van der Waals surface area contributed by atoms with Gasteiger partial charge in [0.2, 0.25) is 0 Å². The first-order valence-electron chi connectivity index (χ1n) is 15.8. The normalized spacial score (nSPS) is 23.8. The first-order chi connectivity index (χ1) is 24.0. The van der Waals surface area contributed by atoms with E-state index >= 15 is 0 Å². The molecule has 274 valence electrons. The van der Waals surface area contributed by atoms with E-state index in [1.54, 1.807) is 60.7 Å². The summed E-state index contributed by atoms with van der Waals surface area (Å²) in [5.74, 6) is 0. The summed E-state index contributed by atoms with van der Waals surface area (Å²) in [7, 11) is -4.63. The topological polar surface area (TPSA) is 145 Å². The molecule has 4 aromatic rings. The molecule has 0 spiro atoms. The van der Waals surface area contributed by atoms with Crippen molar-refractivity contribution in [2.75, 3.05) is 11.5 Å². The van der Waals surface area contributed by atoms with Gasteiger partial charge in [-0.05, 0) is 47.2 Å². The van der Waals surface area contributed by atoms with Gasteiger partial charge in [0.15, 0.2) is 9.84 Å². The number of anilines is 2. The van der Waals surface area contributed by atoms with Crippen LogP contribution in [-0.4, -0.2) is 53.5 Å². The summed E-state index contributed by atoms with van der Waals surface area (Å²) in [5, 5.41) is 20.0. The van der Waals surface area contributed by atoms with Crippen molar-refractivity contribution in [2.24, 2.45) is 0 Å². The number of ether oxygens (including phenoxy) is 2. The fourth-order valence-electron chi connectivity index (χ4n) is 6.54. The van der Waals surface area contributed by atoms with Gasteiger partial charge >= 0.3 is 12.4 Å². The lowest BCUT2D eigenvalue weighted by atomic mass is 9.94. The molecule has 4 aromatic carbocycles. The molecule has 0 unspecified atom stereocenters. The number of nitrogens with two attached hydrogens (primary N) is 2. The fraction of sp³-hybridized carbons (Fsp3) is 0.333. The van der Waals surface area contributed by atoms with Crippen LogP contribution in [0.5, 0.6) is 0 Å². The first-order valence-corrected chi connectivity index (χ1v) is 17.4. The maximum Gasteiger partial charge on any atom is 0.418 e. The Bertz CT molecular complexity index is 1760.